The van der Waals surface area contributed by atoms with Gasteiger partial charge >= 0.3 is 6.18 Å². The molecular weight excluding hydrogens is 390 g/mol. The van der Waals surface area contributed by atoms with Crippen LogP contribution in [0.25, 0.3) is 28.2 Å². The lowest BCUT2D eigenvalue weighted by molar-refractivity contribution is -0.136. The second kappa shape index (κ2) is 7.26. The summed E-state index contributed by atoms with van der Waals surface area (Å²) in [4.78, 5) is 8.73. The molecule has 4 rings (SSSR count). The molecule has 0 atom stereocenters. The van der Waals surface area contributed by atoms with Gasteiger partial charge in [-0.1, -0.05) is 0 Å². The minimum Gasteiger partial charge on any atom is -0.494 e. The largest absolute Gasteiger partial charge is 0.494 e. The van der Waals surface area contributed by atoms with Crippen molar-refractivity contribution in [1.29, 1.82) is 0 Å². The van der Waals surface area contributed by atoms with Crippen LogP contribution in [0.3, 0.4) is 0 Å². The van der Waals surface area contributed by atoms with Gasteiger partial charge in [0.05, 0.1) is 17.9 Å². The number of alkyl halides is 3. The quantitative estimate of drug-likeness (QED) is 0.361. The third-order valence-corrected chi connectivity index (χ3v) is 4.30. The van der Waals surface area contributed by atoms with Crippen molar-refractivity contribution in [3.05, 3.63) is 48.0 Å². The van der Waals surface area contributed by atoms with Crippen molar-refractivity contribution in [2.45, 2.75) is 25.9 Å². The number of hydrogen-bond acceptors (Lipinski definition) is 5. The highest BCUT2D eigenvalue weighted by atomic mass is 19.4. The number of hydrogen-bond donors (Lipinski definition) is 0. The van der Waals surface area contributed by atoms with Crippen LogP contribution in [0.5, 0.6) is 5.75 Å². The molecule has 0 N–H and O–H groups in total. The van der Waals surface area contributed by atoms with Crippen LogP contribution in [0, 0.1) is 12.7 Å². The van der Waals surface area contributed by atoms with Crippen molar-refractivity contribution >= 4 is 16.8 Å². The molecule has 150 valence electrons. The Balaban J connectivity index is 1.72. The predicted molar refractivity (Wildman–Crippen MR) is 97.0 cm³/mol. The maximum Gasteiger partial charge on any atom is 0.389 e. The standard InChI is InChI=1S/C19H15F4N5O/c1-11-16-26-27-17(28(16)18-15(25-11)4-2-8-24-18)13-10-12(5-6-14(13)20)29-9-3-7-19(21,22)23/h2,4-6,8,10H,3,7,9H2,1H3. The molecule has 0 fully saturated rings. The zero-order valence-corrected chi connectivity index (χ0v) is 15.2. The molecule has 0 spiro atoms. The molecule has 0 bridgehead atoms. The number of rotatable bonds is 5. The number of ether oxygens (including phenoxy) is 1. The lowest BCUT2D eigenvalue weighted by Crippen LogP contribution is -2.09. The van der Waals surface area contributed by atoms with Crippen LogP contribution in [-0.2, 0) is 0 Å². The van der Waals surface area contributed by atoms with Crippen molar-refractivity contribution in [1.82, 2.24) is 24.6 Å². The van der Waals surface area contributed by atoms with Gasteiger partial charge in [0.1, 0.15) is 17.1 Å². The molecule has 6 nitrogen and oxygen atoms in total. The summed E-state index contributed by atoms with van der Waals surface area (Å²) in [5.74, 6) is -0.128. The number of aryl methyl sites for hydroxylation is 1. The van der Waals surface area contributed by atoms with Gasteiger partial charge in [-0.15, -0.1) is 10.2 Å². The number of nitrogens with zero attached hydrogens (tertiary/aromatic N) is 5. The first kappa shape index (κ1) is 19.0. The Morgan fingerprint density at radius 1 is 1.10 bits per heavy atom. The number of aromatic nitrogens is 5. The van der Waals surface area contributed by atoms with Gasteiger partial charge in [0, 0.05) is 12.6 Å². The molecule has 0 saturated carbocycles. The Kier molecular flexibility index (Phi) is 4.77. The van der Waals surface area contributed by atoms with Crippen molar-refractivity contribution < 1.29 is 22.3 Å². The SMILES string of the molecule is Cc1nc2cccnc2n2c(-c3cc(OCCCC(F)(F)F)ccc3F)nnc12. The molecule has 29 heavy (non-hydrogen) atoms. The van der Waals surface area contributed by atoms with E-state index in [0.717, 1.165) is 0 Å². The molecule has 0 saturated heterocycles. The normalized spacial score (nSPS) is 12.0. The minimum atomic E-state index is -4.24. The fourth-order valence-electron chi connectivity index (χ4n) is 3.00. The van der Waals surface area contributed by atoms with Gasteiger partial charge in [-0.05, 0) is 43.7 Å². The van der Waals surface area contributed by atoms with Gasteiger partial charge in [0.25, 0.3) is 0 Å². The molecule has 4 aromatic rings. The van der Waals surface area contributed by atoms with E-state index < -0.39 is 18.4 Å². The van der Waals surface area contributed by atoms with E-state index in [-0.39, 0.29) is 30.2 Å². The molecule has 0 radical (unpaired) electrons. The van der Waals surface area contributed by atoms with Crippen LogP contribution in [0.2, 0.25) is 0 Å². The van der Waals surface area contributed by atoms with E-state index in [1.54, 1.807) is 29.7 Å². The van der Waals surface area contributed by atoms with Crippen molar-refractivity contribution in [2.24, 2.45) is 0 Å². The summed E-state index contributed by atoms with van der Waals surface area (Å²) < 4.78 is 58.3. The van der Waals surface area contributed by atoms with Gasteiger partial charge in [-0.2, -0.15) is 13.2 Å². The summed E-state index contributed by atoms with van der Waals surface area (Å²) in [7, 11) is 0. The first-order valence-electron chi connectivity index (χ1n) is 8.79. The van der Waals surface area contributed by atoms with Crippen molar-refractivity contribution in [3.63, 3.8) is 0 Å². The third-order valence-electron chi connectivity index (χ3n) is 4.30. The summed E-state index contributed by atoms with van der Waals surface area (Å²) in [6.45, 7) is 1.62. The highest BCUT2D eigenvalue weighted by molar-refractivity contribution is 5.77. The fourth-order valence-corrected chi connectivity index (χ4v) is 3.00. The smallest absolute Gasteiger partial charge is 0.389 e. The molecule has 0 aliphatic heterocycles. The summed E-state index contributed by atoms with van der Waals surface area (Å²) in [5, 5.41) is 8.19. The highest BCUT2D eigenvalue weighted by Crippen LogP contribution is 2.29. The van der Waals surface area contributed by atoms with E-state index in [1.165, 1.54) is 18.2 Å². The maximum absolute atomic E-state index is 14.6. The van der Waals surface area contributed by atoms with Crippen LogP contribution in [0.4, 0.5) is 17.6 Å². The van der Waals surface area contributed by atoms with Gasteiger partial charge < -0.3 is 4.74 Å². The number of benzene rings is 1. The Bertz CT molecular complexity index is 1190. The van der Waals surface area contributed by atoms with Crippen LogP contribution in [0.1, 0.15) is 18.5 Å². The molecule has 3 aromatic heterocycles. The number of halogens is 4. The minimum absolute atomic E-state index is 0.100. The first-order valence-corrected chi connectivity index (χ1v) is 8.79. The van der Waals surface area contributed by atoms with Crippen LogP contribution in [0.15, 0.2) is 36.5 Å². The zero-order chi connectivity index (χ0) is 20.6. The van der Waals surface area contributed by atoms with Crippen LogP contribution in [-0.4, -0.2) is 37.3 Å². The lowest BCUT2D eigenvalue weighted by Gasteiger charge is -2.10. The number of fused-ring (bicyclic) bond motifs is 3. The van der Waals surface area contributed by atoms with E-state index in [1.807, 2.05) is 0 Å². The number of pyridine rings is 1. The molecule has 10 heteroatoms. The van der Waals surface area contributed by atoms with E-state index in [0.29, 0.717) is 22.5 Å². The van der Waals surface area contributed by atoms with Gasteiger partial charge in [-0.3, -0.25) is 4.40 Å². The second-order valence-electron chi connectivity index (χ2n) is 6.43. The van der Waals surface area contributed by atoms with E-state index in [2.05, 4.69) is 20.2 Å². The first-order chi connectivity index (χ1) is 13.8. The molecular formula is C19H15F4N5O. The van der Waals surface area contributed by atoms with Gasteiger partial charge in [0.15, 0.2) is 17.1 Å². The zero-order valence-electron chi connectivity index (χ0n) is 15.2. The lowest BCUT2D eigenvalue weighted by atomic mass is 10.2. The second-order valence-corrected chi connectivity index (χ2v) is 6.43. The summed E-state index contributed by atoms with van der Waals surface area (Å²) in [6.07, 6.45) is -3.79. The van der Waals surface area contributed by atoms with E-state index in [4.69, 9.17) is 4.74 Å². The van der Waals surface area contributed by atoms with E-state index in [9.17, 15) is 17.6 Å². The van der Waals surface area contributed by atoms with Gasteiger partial charge in [-0.25, -0.2) is 14.4 Å². The van der Waals surface area contributed by atoms with Crippen molar-refractivity contribution in [2.75, 3.05) is 6.61 Å². The maximum atomic E-state index is 14.6. The topological polar surface area (TPSA) is 65.2 Å². The molecule has 0 aliphatic rings. The Morgan fingerprint density at radius 2 is 1.93 bits per heavy atom. The summed E-state index contributed by atoms with van der Waals surface area (Å²) in [5.41, 5.74) is 2.19. The van der Waals surface area contributed by atoms with Crippen molar-refractivity contribution in [3.8, 4) is 17.1 Å². The molecule has 0 unspecified atom stereocenters. The van der Waals surface area contributed by atoms with Crippen LogP contribution >= 0.6 is 0 Å². The van der Waals surface area contributed by atoms with E-state index >= 15 is 0 Å². The highest BCUT2D eigenvalue weighted by Gasteiger charge is 2.26. The van der Waals surface area contributed by atoms with Gasteiger partial charge in [0.2, 0.25) is 0 Å². The third kappa shape index (κ3) is 3.82. The monoisotopic (exact) mass is 405 g/mol. The average molecular weight is 405 g/mol. The summed E-state index contributed by atoms with van der Waals surface area (Å²) >= 11 is 0. The Labute approximate surface area is 162 Å². The Hall–Kier alpha value is -3.30. The summed E-state index contributed by atoms with van der Waals surface area (Å²) in [6, 6.07) is 7.44. The molecule has 3 heterocycles. The molecule has 1 aromatic carbocycles. The predicted octanol–water partition coefficient (Wildman–Crippen LogP) is 4.51. The average Bonchev–Trinajstić information content (AvgIpc) is 3.12. The Morgan fingerprint density at radius 3 is 2.72 bits per heavy atom. The van der Waals surface area contributed by atoms with Crippen LogP contribution < -0.4 is 4.74 Å². The molecule has 0 amide bonds. The fraction of sp³-hybridized carbons (Fsp3) is 0.263. The molecule has 0 aliphatic carbocycles.